The number of nitrogens with one attached hydrogen (secondary N) is 1. The van der Waals surface area contributed by atoms with E-state index in [1.807, 2.05) is 0 Å². The summed E-state index contributed by atoms with van der Waals surface area (Å²) in [6, 6.07) is 8.42. The van der Waals surface area contributed by atoms with Gasteiger partial charge in [0.1, 0.15) is 5.82 Å². The molecule has 0 saturated carbocycles. The summed E-state index contributed by atoms with van der Waals surface area (Å²) in [6.07, 6.45) is -4.14. The summed E-state index contributed by atoms with van der Waals surface area (Å²) in [4.78, 5) is 38.7. The van der Waals surface area contributed by atoms with Crippen LogP contribution in [0.25, 0.3) is 5.69 Å². The van der Waals surface area contributed by atoms with Crippen molar-refractivity contribution in [2.45, 2.75) is 39.0 Å². The van der Waals surface area contributed by atoms with Gasteiger partial charge in [-0.15, -0.1) is 0 Å². The predicted molar refractivity (Wildman–Crippen MR) is 112 cm³/mol. The number of aromatic nitrogens is 3. The number of amides is 1. The van der Waals surface area contributed by atoms with Crippen molar-refractivity contribution in [3.8, 4) is 5.69 Å². The Hall–Kier alpha value is -3.76. The maximum absolute atomic E-state index is 13.2. The van der Waals surface area contributed by atoms with Crippen molar-refractivity contribution < 1.29 is 22.4 Å². The molecule has 0 spiro atoms. The van der Waals surface area contributed by atoms with Crippen molar-refractivity contribution >= 4 is 5.91 Å². The molecule has 0 radical (unpaired) electrons. The molecule has 0 aliphatic heterocycles. The summed E-state index contributed by atoms with van der Waals surface area (Å²) in [7, 11) is 0. The molecule has 1 aromatic heterocycles. The van der Waals surface area contributed by atoms with E-state index in [0.717, 1.165) is 24.3 Å². The lowest BCUT2D eigenvalue weighted by molar-refractivity contribution is -0.137. The number of nitrogens with zero attached hydrogens (tertiary/aromatic N) is 3. The number of carbonyl (C=O) groups is 1. The van der Waals surface area contributed by atoms with Crippen LogP contribution in [0.1, 0.15) is 41.9 Å². The molecule has 11 heteroatoms. The molecule has 3 aromatic rings. The van der Waals surface area contributed by atoms with E-state index in [2.05, 4.69) is 10.4 Å². The van der Waals surface area contributed by atoms with Crippen molar-refractivity contribution in [3.63, 3.8) is 0 Å². The normalized spacial score (nSPS) is 12.4. The van der Waals surface area contributed by atoms with Crippen molar-refractivity contribution in [2.75, 3.05) is 0 Å². The number of halogens is 4. The average molecular weight is 464 g/mol. The van der Waals surface area contributed by atoms with Crippen molar-refractivity contribution in [2.24, 2.45) is 0 Å². The Bertz CT molecular complexity index is 1280. The van der Waals surface area contributed by atoms with Gasteiger partial charge >= 0.3 is 11.9 Å². The minimum atomic E-state index is -4.68. The Morgan fingerprint density at radius 3 is 2.39 bits per heavy atom. The summed E-state index contributed by atoms with van der Waals surface area (Å²) < 4.78 is 54.0. The highest BCUT2D eigenvalue weighted by atomic mass is 19.4. The van der Waals surface area contributed by atoms with Gasteiger partial charge in [0.25, 0.3) is 11.5 Å². The molecule has 0 bridgehead atoms. The van der Waals surface area contributed by atoms with Gasteiger partial charge in [0.15, 0.2) is 0 Å². The summed E-state index contributed by atoms with van der Waals surface area (Å²) in [5.74, 6) is -1.40. The molecule has 0 fully saturated rings. The second kappa shape index (κ2) is 9.39. The molecular formula is C22H20F4N4O3. The van der Waals surface area contributed by atoms with E-state index < -0.39 is 40.4 Å². The summed E-state index contributed by atoms with van der Waals surface area (Å²) in [6.45, 7) is 3.15. The Morgan fingerprint density at radius 1 is 1.12 bits per heavy atom. The fourth-order valence-corrected chi connectivity index (χ4v) is 2.95. The fourth-order valence-electron chi connectivity index (χ4n) is 2.95. The van der Waals surface area contributed by atoms with Crippen LogP contribution in [0.3, 0.4) is 0 Å². The van der Waals surface area contributed by atoms with Gasteiger partial charge in [-0.3, -0.25) is 14.2 Å². The SMILES string of the molecule is CC[C@H](C)NC(=O)c1nn(-c2cccc(C(F)(F)F)c2)c(=O)n(Cc2ccc(F)cc2)c1=O. The van der Waals surface area contributed by atoms with Crippen LogP contribution < -0.4 is 16.6 Å². The van der Waals surface area contributed by atoms with E-state index in [-0.39, 0.29) is 18.3 Å². The van der Waals surface area contributed by atoms with Crippen LogP contribution >= 0.6 is 0 Å². The Labute approximate surface area is 185 Å². The maximum atomic E-state index is 13.2. The van der Waals surface area contributed by atoms with Gasteiger partial charge in [-0.05, 0) is 49.2 Å². The van der Waals surface area contributed by atoms with E-state index in [1.54, 1.807) is 13.8 Å². The minimum absolute atomic E-state index is 0.278. The molecule has 7 nitrogen and oxygen atoms in total. The second-order valence-electron chi connectivity index (χ2n) is 7.39. The molecule has 0 saturated heterocycles. The largest absolute Gasteiger partial charge is 0.416 e. The van der Waals surface area contributed by atoms with Crippen LogP contribution in [0.2, 0.25) is 0 Å². The van der Waals surface area contributed by atoms with Crippen LogP contribution in [0.15, 0.2) is 58.1 Å². The lowest BCUT2D eigenvalue weighted by atomic mass is 10.2. The summed E-state index contributed by atoms with van der Waals surface area (Å²) >= 11 is 0. The first-order chi connectivity index (χ1) is 15.5. The van der Waals surface area contributed by atoms with Crippen molar-refractivity contribution in [3.05, 3.63) is 92.0 Å². The van der Waals surface area contributed by atoms with E-state index in [9.17, 15) is 31.9 Å². The first-order valence-electron chi connectivity index (χ1n) is 9.98. The third-order valence-corrected chi connectivity index (χ3v) is 4.94. The summed E-state index contributed by atoms with van der Waals surface area (Å²) in [5, 5.41) is 6.36. The van der Waals surface area contributed by atoms with Gasteiger partial charge in [-0.25, -0.2) is 9.18 Å². The lowest BCUT2D eigenvalue weighted by Gasteiger charge is -2.15. The predicted octanol–water partition coefficient (Wildman–Crippen LogP) is 3.13. The first kappa shape index (κ1) is 23.9. The molecular weight excluding hydrogens is 444 g/mol. The first-order valence-corrected chi connectivity index (χ1v) is 9.98. The van der Waals surface area contributed by atoms with Gasteiger partial charge < -0.3 is 5.32 Å². The zero-order valence-corrected chi connectivity index (χ0v) is 17.7. The standard InChI is InChI=1S/C22H20F4N4O3/c1-3-13(2)27-19(31)18-20(32)29(12-14-7-9-16(23)10-8-14)21(33)30(28-18)17-6-4-5-15(11-17)22(24,25)26/h4-11,13H,3,12H2,1-2H3,(H,27,31)/t13-/m0/s1. The molecule has 1 heterocycles. The fraction of sp³-hybridized carbons (Fsp3) is 0.273. The molecule has 0 unspecified atom stereocenters. The maximum Gasteiger partial charge on any atom is 0.416 e. The number of hydrogen-bond acceptors (Lipinski definition) is 4. The van der Waals surface area contributed by atoms with Crippen LogP contribution in [-0.2, 0) is 12.7 Å². The zero-order chi connectivity index (χ0) is 24.3. The van der Waals surface area contributed by atoms with Crippen LogP contribution in [-0.4, -0.2) is 26.3 Å². The molecule has 2 aromatic carbocycles. The Morgan fingerprint density at radius 2 is 1.79 bits per heavy atom. The zero-order valence-electron chi connectivity index (χ0n) is 17.7. The average Bonchev–Trinajstić information content (AvgIpc) is 2.77. The number of carbonyl (C=O) groups excluding carboxylic acids is 1. The summed E-state index contributed by atoms with van der Waals surface area (Å²) in [5.41, 5.74) is -3.67. The molecule has 33 heavy (non-hydrogen) atoms. The highest BCUT2D eigenvalue weighted by Gasteiger charge is 2.31. The molecule has 0 aliphatic rings. The Balaban J connectivity index is 2.21. The molecule has 1 atom stereocenters. The third kappa shape index (κ3) is 5.36. The van der Waals surface area contributed by atoms with E-state index in [1.165, 1.54) is 18.2 Å². The highest BCUT2D eigenvalue weighted by Crippen LogP contribution is 2.29. The van der Waals surface area contributed by atoms with Crippen LogP contribution in [0.4, 0.5) is 17.6 Å². The number of alkyl halides is 3. The monoisotopic (exact) mass is 464 g/mol. The van der Waals surface area contributed by atoms with Crippen LogP contribution in [0.5, 0.6) is 0 Å². The van der Waals surface area contributed by atoms with E-state index in [0.29, 0.717) is 27.3 Å². The lowest BCUT2D eigenvalue weighted by Crippen LogP contribution is -2.47. The molecule has 174 valence electrons. The second-order valence-corrected chi connectivity index (χ2v) is 7.39. The Kier molecular flexibility index (Phi) is 6.80. The number of benzene rings is 2. The van der Waals surface area contributed by atoms with Crippen molar-refractivity contribution in [1.82, 2.24) is 19.7 Å². The molecule has 3 rings (SSSR count). The van der Waals surface area contributed by atoms with Gasteiger partial charge in [-0.2, -0.15) is 23.0 Å². The quantitative estimate of drug-likeness (QED) is 0.568. The minimum Gasteiger partial charge on any atom is -0.348 e. The number of rotatable bonds is 6. The smallest absolute Gasteiger partial charge is 0.348 e. The van der Waals surface area contributed by atoms with Gasteiger partial charge in [0, 0.05) is 6.04 Å². The van der Waals surface area contributed by atoms with Gasteiger partial charge in [0.2, 0.25) is 5.69 Å². The number of hydrogen-bond donors (Lipinski definition) is 1. The van der Waals surface area contributed by atoms with Crippen molar-refractivity contribution in [1.29, 1.82) is 0 Å². The van der Waals surface area contributed by atoms with E-state index >= 15 is 0 Å². The third-order valence-electron chi connectivity index (χ3n) is 4.94. The topological polar surface area (TPSA) is 86.0 Å². The van der Waals surface area contributed by atoms with E-state index in [4.69, 9.17) is 0 Å². The molecule has 1 amide bonds. The molecule has 1 N–H and O–H groups in total. The van der Waals surface area contributed by atoms with Gasteiger partial charge in [-0.1, -0.05) is 25.1 Å². The van der Waals surface area contributed by atoms with Gasteiger partial charge in [0.05, 0.1) is 17.8 Å². The highest BCUT2D eigenvalue weighted by molar-refractivity contribution is 5.91. The van der Waals surface area contributed by atoms with Crippen LogP contribution in [0, 0.1) is 5.82 Å². The molecule has 0 aliphatic carbocycles.